The fourth-order valence-corrected chi connectivity index (χ4v) is 4.17. The monoisotopic (exact) mass is 391 g/mol. The van der Waals surface area contributed by atoms with Gasteiger partial charge in [0.15, 0.2) is 0 Å². The highest BCUT2D eigenvalue weighted by atomic mass is 32.2. The summed E-state index contributed by atoms with van der Waals surface area (Å²) in [7, 11) is -2.19. The molecule has 8 nitrogen and oxygen atoms in total. The summed E-state index contributed by atoms with van der Waals surface area (Å²) in [6.07, 6.45) is 3.59. The molecule has 2 heterocycles. The van der Waals surface area contributed by atoms with E-state index in [1.165, 1.54) is 24.9 Å². The van der Waals surface area contributed by atoms with E-state index < -0.39 is 10.0 Å². The molecule has 2 N–H and O–H groups in total. The number of hydrogen-bond donors (Lipinski definition) is 2. The fourth-order valence-electron chi connectivity index (χ4n) is 3.39. The van der Waals surface area contributed by atoms with E-state index >= 15 is 0 Å². The number of sulfonamides is 1. The van der Waals surface area contributed by atoms with Crippen molar-refractivity contribution in [2.45, 2.75) is 37.1 Å². The number of likely N-dealkylation sites (tertiary alicyclic amines) is 1. The van der Waals surface area contributed by atoms with Crippen molar-refractivity contribution in [1.29, 1.82) is 0 Å². The third kappa shape index (κ3) is 4.30. The summed E-state index contributed by atoms with van der Waals surface area (Å²) in [5.74, 6) is 0.403. The van der Waals surface area contributed by atoms with Crippen LogP contribution in [0.3, 0.4) is 0 Å². The number of urea groups is 1. The van der Waals surface area contributed by atoms with Crippen molar-refractivity contribution >= 4 is 21.7 Å². The van der Waals surface area contributed by atoms with Gasteiger partial charge in [-0.2, -0.15) is 5.10 Å². The average Bonchev–Trinajstić information content (AvgIpc) is 3.17. The molecule has 1 aromatic heterocycles. The van der Waals surface area contributed by atoms with Crippen molar-refractivity contribution in [3.05, 3.63) is 42.2 Å². The van der Waals surface area contributed by atoms with Gasteiger partial charge in [0, 0.05) is 43.1 Å². The number of aryl methyl sites for hydroxylation is 1. The number of nitrogens with zero attached hydrogens (tertiary/aromatic N) is 3. The van der Waals surface area contributed by atoms with Crippen molar-refractivity contribution in [2.75, 3.05) is 25.5 Å². The molecule has 0 bridgehead atoms. The highest BCUT2D eigenvalue weighted by Crippen LogP contribution is 2.28. The summed E-state index contributed by atoms with van der Waals surface area (Å²) < 4.78 is 28.1. The largest absolute Gasteiger partial charge is 0.324 e. The Morgan fingerprint density at radius 3 is 2.67 bits per heavy atom. The fraction of sp³-hybridized carbons (Fsp3) is 0.444. The summed E-state index contributed by atoms with van der Waals surface area (Å²) in [5, 5.41) is 7.12. The van der Waals surface area contributed by atoms with E-state index in [9.17, 15) is 13.2 Å². The summed E-state index contributed by atoms with van der Waals surface area (Å²) in [5.41, 5.74) is 1.69. The van der Waals surface area contributed by atoms with Crippen LogP contribution < -0.4 is 10.0 Å². The van der Waals surface area contributed by atoms with Crippen LogP contribution in [0, 0.1) is 0 Å². The Hall–Kier alpha value is -2.39. The maximum atomic E-state index is 12.5. The van der Waals surface area contributed by atoms with E-state index in [2.05, 4.69) is 28.1 Å². The summed E-state index contributed by atoms with van der Waals surface area (Å²) in [4.78, 5) is 14.4. The van der Waals surface area contributed by atoms with E-state index in [1.807, 2.05) is 10.9 Å². The van der Waals surface area contributed by atoms with Gasteiger partial charge in [-0.1, -0.05) is 6.07 Å². The average molecular weight is 391 g/mol. The number of rotatable bonds is 5. The Morgan fingerprint density at radius 1 is 1.26 bits per heavy atom. The molecule has 1 saturated heterocycles. The molecule has 0 atom stereocenters. The zero-order valence-corrected chi connectivity index (χ0v) is 16.4. The van der Waals surface area contributed by atoms with E-state index in [1.54, 1.807) is 17.0 Å². The maximum absolute atomic E-state index is 12.5. The van der Waals surface area contributed by atoms with Crippen LogP contribution in [-0.2, 0) is 16.6 Å². The standard InChI is InChI=1S/C18H25N5O3S/c1-3-23-17(7-10-20-23)14-8-11-22(12-9-14)18(24)21-15-5-4-6-16(13-15)27(25,26)19-2/h4-7,10,13-14,19H,3,8-9,11-12H2,1-2H3,(H,21,24). The molecular formula is C18H25N5O3S. The predicted molar refractivity (Wildman–Crippen MR) is 103 cm³/mol. The molecule has 1 aliphatic rings. The number of carbonyl (C=O) groups is 1. The molecule has 3 rings (SSSR count). The molecular weight excluding hydrogens is 366 g/mol. The van der Waals surface area contributed by atoms with Gasteiger partial charge >= 0.3 is 6.03 Å². The molecule has 0 radical (unpaired) electrons. The van der Waals surface area contributed by atoms with Crippen LogP contribution in [0.25, 0.3) is 0 Å². The lowest BCUT2D eigenvalue weighted by atomic mass is 9.93. The minimum absolute atomic E-state index is 0.120. The zero-order chi connectivity index (χ0) is 19.4. The Bertz CT molecular complexity index is 901. The molecule has 27 heavy (non-hydrogen) atoms. The highest BCUT2D eigenvalue weighted by molar-refractivity contribution is 7.89. The van der Waals surface area contributed by atoms with Crippen LogP contribution in [0.2, 0.25) is 0 Å². The smallest absolute Gasteiger partial charge is 0.321 e. The number of hydrogen-bond acceptors (Lipinski definition) is 4. The highest BCUT2D eigenvalue weighted by Gasteiger charge is 2.26. The van der Waals surface area contributed by atoms with Crippen molar-refractivity contribution in [2.24, 2.45) is 0 Å². The molecule has 1 aromatic carbocycles. The van der Waals surface area contributed by atoms with Crippen molar-refractivity contribution < 1.29 is 13.2 Å². The van der Waals surface area contributed by atoms with Crippen molar-refractivity contribution in [1.82, 2.24) is 19.4 Å². The van der Waals surface area contributed by atoms with Crippen LogP contribution in [-0.4, -0.2) is 49.3 Å². The minimum atomic E-state index is -3.54. The van der Waals surface area contributed by atoms with E-state index in [-0.39, 0.29) is 10.9 Å². The second kappa shape index (κ2) is 8.10. The zero-order valence-electron chi connectivity index (χ0n) is 15.6. The molecule has 9 heteroatoms. The van der Waals surface area contributed by atoms with Crippen molar-refractivity contribution in [3.8, 4) is 0 Å². The van der Waals surface area contributed by atoms with Gasteiger partial charge < -0.3 is 10.2 Å². The second-order valence-electron chi connectivity index (χ2n) is 6.50. The summed E-state index contributed by atoms with van der Waals surface area (Å²) >= 11 is 0. The Morgan fingerprint density at radius 2 is 2.00 bits per heavy atom. The number of benzene rings is 1. The predicted octanol–water partition coefficient (Wildman–Crippen LogP) is 2.22. The molecule has 2 amide bonds. The summed E-state index contributed by atoms with van der Waals surface area (Å²) in [6, 6.07) is 8.07. The number of nitrogens with one attached hydrogen (secondary N) is 2. The van der Waals surface area contributed by atoms with Gasteiger partial charge in [-0.3, -0.25) is 4.68 Å². The molecule has 1 fully saturated rings. The third-order valence-electron chi connectivity index (χ3n) is 4.91. The third-order valence-corrected chi connectivity index (χ3v) is 6.33. The lowest BCUT2D eigenvalue weighted by molar-refractivity contribution is 0.193. The Balaban J connectivity index is 1.61. The molecule has 1 aliphatic heterocycles. The van der Waals surface area contributed by atoms with Crippen LogP contribution in [0.15, 0.2) is 41.4 Å². The SMILES string of the molecule is CCn1nccc1C1CCN(C(=O)Nc2cccc(S(=O)(=O)NC)c2)CC1. The van der Waals surface area contributed by atoms with E-state index in [0.29, 0.717) is 24.7 Å². The van der Waals surface area contributed by atoms with Gasteiger partial charge in [0.1, 0.15) is 0 Å². The van der Waals surface area contributed by atoms with Crippen molar-refractivity contribution in [3.63, 3.8) is 0 Å². The first kappa shape index (κ1) is 19.4. The van der Waals surface area contributed by atoms with Gasteiger partial charge in [-0.15, -0.1) is 0 Å². The molecule has 0 unspecified atom stereocenters. The van der Waals surface area contributed by atoms with Crippen LogP contribution in [0.1, 0.15) is 31.4 Å². The van der Waals surface area contributed by atoms with E-state index in [4.69, 9.17) is 0 Å². The number of carbonyl (C=O) groups excluding carboxylic acids is 1. The second-order valence-corrected chi connectivity index (χ2v) is 8.39. The number of amides is 2. The lowest BCUT2D eigenvalue weighted by Gasteiger charge is -2.32. The molecule has 0 spiro atoms. The lowest BCUT2D eigenvalue weighted by Crippen LogP contribution is -2.40. The van der Waals surface area contributed by atoms with Gasteiger partial charge in [0.05, 0.1) is 4.90 Å². The van der Waals surface area contributed by atoms with Gasteiger partial charge in [-0.05, 0) is 51.1 Å². The first-order valence-electron chi connectivity index (χ1n) is 9.06. The van der Waals surface area contributed by atoms with Gasteiger partial charge in [0.25, 0.3) is 0 Å². The van der Waals surface area contributed by atoms with Crippen LogP contribution in [0.4, 0.5) is 10.5 Å². The van der Waals surface area contributed by atoms with Gasteiger partial charge in [-0.25, -0.2) is 17.9 Å². The minimum Gasteiger partial charge on any atom is -0.324 e. The van der Waals surface area contributed by atoms with Crippen LogP contribution >= 0.6 is 0 Å². The Kier molecular flexibility index (Phi) is 5.81. The van der Waals surface area contributed by atoms with E-state index in [0.717, 1.165) is 19.4 Å². The van der Waals surface area contributed by atoms with Gasteiger partial charge in [0.2, 0.25) is 10.0 Å². The molecule has 2 aromatic rings. The molecule has 0 aliphatic carbocycles. The normalized spacial score (nSPS) is 15.7. The summed E-state index contributed by atoms with van der Waals surface area (Å²) in [6.45, 7) is 4.22. The number of piperidine rings is 1. The topological polar surface area (TPSA) is 96.3 Å². The van der Waals surface area contributed by atoms with Crippen LogP contribution in [0.5, 0.6) is 0 Å². The molecule has 0 saturated carbocycles. The first-order valence-corrected chi connectivity index (χ1v) is 10.5. The quantitative estimate of drug-likeness (QED) is 0.817. The number of anilines is 1. The first-order chi connectivity index (χ1) is 12.9. The maximum Gasteiger partial charge on any atom is 0.321 e. The Labute approximate surface area is 159 Å². The number of aromatic nitrogens is 2. The molecule has 146 valence electrons.